The summed E-state index contributed by atoms with van der Waals surface area (Å²) in [6.07, 6.45) is 0. The minimum absolute atomic E-state index is 0.768. The van der Waals surface area contributed by atoms with Crippen LogP contribution in [0.2, 0.25) is 0 Å². The van der Waals surface area contributed by atoms with Crippen molar-refractivity contribution in [3.05, 3.63) is 200 Å². The molecule has 9 rings (SSSR count). The molecule has 9 aromatic rings. The Kier molecular flexibility index (Phi) is 8.29. The second kappa shape index (κ2) is 13.7. The Labute approximate surface area is 305 Å². The summed E-state index contributed by atoms with van der Waals surface area (Å²) in [5, 5.41) is 14.9. The molecule has 0 aromatic heterocycles. The summed E-state index contributed by atoms with van der Waals surface area (Å²) in [6.45, 7) is 0. The number of fused-ring (bicyclic) bond motifs is 2. The van der Waals surface area contributed by atoms with E-state index in [1.165, 1.54) is 68.3 Å². The van der Waals surface area contributed by atoms with E-state index in [2.05, 4.69) is 194 Å². The maximum absolute atomic E-state index is 10.3. The summed E-state index contributed by atoms with van der Waals surface area (Å²) in [5.41, 5.74) is 14.9. The van der Waals surface area contributed by atoms with Gasteiger partial charge in [-0.1, -0.05) is 206 Å². The lowest BCUT2D eigenvalue weighted by Crippen LogP contribution is -2.12. The second-order valence-electron chi connectivity index (χ2n) is 13.2. The van der Waals surface area contributed by atoms with Crippen LogP contribution in [0.4, 0.5) is 0 Å². The normalized spacial score (nSPS) is 11.2. The van der Waals surface area contributed by atoms with Gasteiger partial charge < -0.3 is 5.02 Å². The first kappa shape index (κ1) is 31.5. The molecule has 0 atom stereocenters. The summed E-state index contributed by atoms with van der Waals surface area (Å²) >= 11 is 0. The fraction of sp³-hybridized carbons (Fsp3) is 0. The highest BCUT2D eigenvalue weighted by molar-refractivity contribution is 6.46. The van der Waals surface area contributed by atoms with E-state index in [0.717, 1.165) is 32.9 Å². The maximum Gasteiger partial charge on any atom is 0.326 e. The van der Waals surface area contributed by atoms with Crippen molar-refractivity contribution in [3.8, 4) is 66.8 Å². The van der Waals surface area contributed by atoms with Crippen LogP contribution in [-0.4, -0.2) is 12.5 Å². The highest BCUT2D eigenvalue weighted by Crippen LogP contribution is 2.47. The Morgan fingerprint density at radius 3 is 1.08 bits per heavy atom. The molecule has 0 bridgehead atoms. The van der Waals surface area contributed by atoms with Crippen molar-refractivity contribution < 1.29 is 5.02 Å². The molecule has 9 aromatic carbocycles. The first-order chi connectivity index (χ1) is 25.8. The van der Waals surface area contributed by atoms with E-state index in [4.69, 9.17) is 0 Å². The molecule has 0 fully saturated rings. The van der Waals surface area contributed by atoms with Crippen molar-refractivity contribution in [2.45, 2.75) is 0 Å². The first-order valence-electron chi connectivity index (χ1n) is 17.7. The van der Waals surface area contributed by atoms with E-state index in [0.29, 0.717) is 0 Å². The lowest BCUT2D eigenvalue weighted by atomic mass is 9.79. The van der Waals surface area contributed by atoms with Gasteiger partial charge in [-0.15, -0.1) is 0 Å². The summed E-state index contributed by atoms with van der Waals surface area (Å²) < 4.78 is 0. The molecule has 52 heavy (non-hydrogen) atoms. The summed E-state index contributed by atoms with van der Waals surface area (Å²) in [5.74, 6) is 0. The molecule has 0 unspecified atom stereocenters. The Morgan fingerprint density at radius 2 is 0.615 bits per heavy atom. The topological polar surface area (TPSA) is 20.2 Å². The number of benzene rings is 9. The molecule has 2 heteroatoms. The van der Waals surface area contributed by atoms with E-state index < -0.39 is 0 Å². The van der Waals surface area contributed by atoms with Gasteiger partial charge in [0.15, 0.2) is 0 Å². The third kappa shape index (κ3) is 5.70. The predicted octanol–water partition coefficient (Wildman–Crippen LogP) is 12.2. The van der Waals surface area contributed by atoms with Gasteiger partial charge in [0.25, 0.3) is 0 Å². The zero-order valence-electron chi connectivity index (χ0n) is 28.6. The van der Waals surface area contributed by atoms with Gasteiger partial charge in [0.2, 0.25) is 0 Å². The molecule has 0 aliphatic heterocycles. The molecule has 1 N–H and O–H groups in total. The third-order valence-electron chi connectivity index (χ3n) is 10.2. The summed E-state index contributed by atoms with van der Waals surface area (Å²) in [7, 11) is 1.20. The molecule has 0 aliphatic rings. The Hall–Kier alpha value is -6.48. The first-order valence-corrected chi connectivity index (χ1v) is 17.7. The zero-order chi connectivity index (χ0) is 34.9. The van der Waals surface area contributed by atoms with Gasteiger partial charge in [0.1, 0.15) is 0 Å². The van der Waals surface area contributed by atoms with Gasteiger partial charge in [0.05, 0.1) is 0 Å². The van der Waals surface area contributed by atoms with Crippen LogP contribution in [0.1, 0.15) is 0 Å². The van der Waals surface area contributed by atoms with Gasteiger partial charge in [-0.2, -0.15) is 0 Å². The van der Waals surface area contributed by atoms with Crippen molar-refractivity contribution in [3.63, 3.8) is 0 Å². The van der Waals surface area contributed by atoms with Gasteiger partial charge in [-0.05, 0) is 88.3 Å². The van der Waals surface area contributed by atoms with E-state index >= 15 is 0 Å². The molecule has 0 amide bonds. The van der Waals surface area contributed by atoms with Crippen LogP contribution in [0.5, 0.6) is 0 Å². The van der Waals surface area contributed by atoms with E-state index in [1.54, 1.807) is 0 Å². The Bertz CT molecular complexity index is 2680. The van der Waals surface area contributed by atoms with E-state index in [1.807, 2.05) is 6.07 Å². The van der Waals surface area contributed by atoms with Crippen LogP contribution >= 0.6 is 0 Å². The quantitative estimate of drug-likeness (QED) is 0.133. The van der Waals surface area contributed by atoms with Crippen LogP contribution in [-0.2, 0) is 0 Å². The summed E-state index contributed by atoms with van der Waals surface area (Å²) in [4.78, 5) is 0. The van der Waals surface area contributed by atoms with Crippen LogP contribution in [0.15, 0.2) is 200 Å². The molecule has 0 saturated carbocycles. The molecule has 0 saturated heterocycles. The van der Waals surface area contributed by atoms with Crippen LogP contribution in [0.25, 0.3) is 88.3 Å². The van der Waals surface area contributed by atoms with Crippen molar-refractivity contribution in [1.29, 1.82) is 0 Å². The number of hydrogen-bond donors (Lipinski definition) is 1. The van der Waals surface area contributed by atoms with Gasteiger partial charge in [-0.25, -0.2) is 0 Å². The average Bonchev–Trinajstić information content (AvgIpc) is 3.23. The SMILES string of the molecule is O[B]c1ccc2c(-c3ccccc3-c3ccc(-c4ccccc4)cc3)c3ccccc3c(-c3ccccc3-c3ccc(-c4ccccc4)cc3)c2c1. The molecule has 1 nitrogen and oxygen atoms in total. The van der Waals surface area contributed by atoms with Crippen LogP contribution in [0.3, 0.4) is 0 Å². The Morgan fingerprint density at radius 1 is 0.269 bits per heavy atom. The van der Waals surface area contributed by atoms with Crippen molar-refractivity contribution in [2.75, 3.05) is 0 Å². The van der Waals surface area contributed by atoms with Gasteiger partial charge in [0, 0.05) is 0 Å². The molecule has 0 heterocycles. The van der Waals surface area contributed by atoms with Gasteiger partial charge >= 0.3 is 7.48 Å². The molecule has 0 spiro atoms. The summed E-state index contributed by atoms with van der Waals surface area (Å²) in [6, 6.07) is 71.3. The fourth-order valence-corrected chi connectivity index (χ4v) is 7.71. The standard InChI is InChI=1S/C50H34BO/c52-51-40-31-32-47-48(33-40)50(44-20-10-8-18-42(44)39-29-25-37(26-30-39)35-15-5-2-6-16-35)46-22-12-11-21-45(46)49(47)43-19-9-7-17-41(43)38-27-23-36(24-28-38)34-13-3-1-4-14-34/h1-33,52H. The molecular weight excluding hydrogens is 627 g/mol. The predicted molar refractivity (Wildman–Crippen MR) is 222 cm³/mol. The van der Waals surface area contributed by atoms with Gasteiger partial charge in [-0.3, -0.25) is 0 Å². The number of rotatable bonds is 7. The highest BCUT2D eigenvalue weighted by atomic mass is 16.2. The van der Waals surface area contributed by atoms with E-state index in [-0.39, 0.29) is 0 Å². The smallest absolute Gasteiger partial charge is 0.326 e. The molecule has 243 valence electrons. The fourth-order valence-electron chi connectivity index (χ4n) is 7.71. The van der Waals surface area contributed by atoms with Crippen LogP contribution < -0.4 is 5.46 Å². The second-order valence-corrected chi connectivity index (χ2v) is 13.2. The van der Waals surface area contributed by atoms with Crippen molar-refractivity contribution >= 4 is 34.5 Å². The Balaban J connectivity index is 1.26. The van der Waals surface area contributed by atoms with Crippen LogP contribution in [0, 0.1) is 0 Å². The highest BCUT2D eigenvalue weighted by Gasteiger charge is 2.21. The minimum Gasteiger partial charge on any atom is -0.450 e. The molecular formula is C50H34BO. The van der Waals surface area contributed by atoms with E-state index in [9.17, 15) is 5.02 Å². The monoisotopic (exact) mass is 661 g/mol. The van der Waals surface area contributed by atoms with Crippen molar-refractivity contribution in [2.24, 2.45) is 0 Å². The van der Waals surface area contributed by atoms with Crippen molar-refractivity contribution in [1.82, 2.24) is 0 Å². The molecule has 1 radical (unpaired) electrons. The zero-order valence-corrected chi connectivity index (χ0v) is 28.6. The maximum atomic E-state index is 10.3. The lowest BCUT2D eigenvalue weighted by Gasteiger charge is -2.21. The number of hydrogen-bond acceptors (Lipinski definition) is 1. The average molecular weight is 662 g/mol. The minimum atomic E-state index is 0.768. The lowest BCUT2D eigenvalue weighted by molar-refractivity contribution is 0.615. The third-order valence-corrected chi connectivity index (χ3v) is 10.2. The molecule has 0 aliphatic carbocycles. The largest absolute Gasteiger partial charge is 0.450 e.